The number of nitrogens with one attached hydrogen (secondary N) is 1. The van der Waals surface area contributed by atoms with Gasteiger partial charge in [-0.2, -0.15) is 0 Å². The maximum Gasteiger partial charge on any atom is 0.410 e. The SMILES string of the molecule is CC(C)N(CCNC1CCc2sc(Cl)cc21)C(=O)OC(C)(C)C. The van der Waals surface area contributed by atoms with Crippen LogP contribution in [0.1, 0.15) is 57.5 Å². The summed E-state index contributed by atoms with van der Waals surface area (Å²) >= 11 is 7.77. The summed E-state index contributed by atoms with van der Waals surface area (Å²) in [6.45, 7) is 11.1. The summed E-state index contributed by atoms with van der Waals surface area (Å²) in [5.41, 5.74) is 0.860. The van der Waals surface area contributed by atoms with Crippen molar-refractivity contribution in [2.45, 2.75) is 65.1 Å². The van der Waals surface area contributed by atoms with E-state index in [4.69, 9.17) is 16.3 Å². The largest absolute Gasteiger partial charge is 0.444 e. The number of hydrogen-bond donors (Lipinski definition) is 1. The molecule has 0 spiro atoms. The van der Waals surface area contributed by atoms with Gasteiger partial charge in [-0.25, -0.2) is 4.79 Å². The lowest BCUT2D eigenvalue weighted by Gasteiger charge is -2.30. The van der Waals surface area contributed by atoms with Gasteiger partial charge in [0.2, 0.25) is 0 Å². The number of carbonyl (C=O) groups is 1. The second-order valence-electron chi connectivity index (χ2n) is 7.24. The molecule has 6 heteroatoms. The monoisotopic (exact) mass is 358 g/mol. The first kappa shape index (κ1) is 18.6. The number of carbonyl (C=O) groups excluding carboxylic acids is 1. The number of fused-ring (bicyclic) bond motifs is 1. The molecule has 0 saturated carbocycles. The van der Waals surface area contributed by atoms with E-state index in [0.717, 1.165) is 23.7 Å². The van der Waals surface area contributed by atoms with Crippen LogP contribution < -0.4 is 5.32 Å². The highest BCUT2D eigenvalue weighted by molar-refractivity contribution is 7.16. The van der Waals surface area contributed by atoms with E-state index in [9.17, 15) is 4.79 Å². The first-order chi connectivity index (χ1) is 10.7. The van der Waals surface area contributed by atoms with Crippen LogP contribution in [0.15, 0.2) is 6.07 Å². The zero-order valence-electron chi connectivity index (χ0n) is 14.6. The third-order valence-electron chi connectivity index (χ3n) is 3.84. The van der Waals surface area contributed by atoms with Gasteiger partial charge < -0.3 is 15.0 Å². The molecule has 1 aliphatic rings. The van der Waals surface area contributed by atoms with Crippen molar-refractivity contribution in [3.05, 3.63) is 20.8 Å². The quantitative estimate of drug-likeness (QED) is 0.834. The Hall–Kier alpha value is -0.780. The predicted octanol–water partition coefficient (Wildman–Crippen LogP) is 4.62. The fourth-order valence-electron chi connectivity index (χ4n) is 2.78. The Morgan fingerprint density at radius 2 is 2.22 bits per heavy atom. The van der Waals surface area contributed by atoms with Crippen molar-refractivity contribution < 1.29 is 9.53 Å². The number of amides is 1. The molecule has 2 rings (SSSR count). The van der Waals surface area contributed by atoms with Crippen LogP contribution >= 0.6 is 22.9 Å². The Balaban J connectivity index is 1.87. The maximum absolute atomic E-state index is 12.3. The minimum absolute atomic E-state index is 0.112. The smallest absolute Gasteiger partial charge is 0.410 e. The molecule has 130 valence electrons. The van der Waals surface area contributed by atoms with Gasteiger partial charge in [-0.15, -0.1) is 11.3 Å². The molecule has 0 aromatic carbocycles. The van der Waals surface area contributed by atoms with Crippen molar-refractivity contribution in [1.82, 2.24) is 10.2 Å². The van der Waals surface area contributed by atoms with Crippen LogP contribution in [0.25, 0.3) is 0 Å². The van der Waals surface area contributed by atoms with Crippen LogP contribution in [0, 0.1) is 0 Å². The van der Waals surface area contributed by atoms with E-state index in [2.05, 4.69) is 11.4 Å². The summed E-state index contributed by atoms with van der Waals surface area (Å²) in [4.78, 5) is 15.5. The van der Waals surface area contributed by atoms with E-state index in [0.29, 0.717) is 12.6 Å². The Kier molecular flexibility index (Phi) is 5.98. The third kappa shape index (κ3) is 5.10. The van der Waals surface area contributed by atoms with E-state index < -0.39 is 5.60 Å². The first-order valence-corrected chi connectivity index (χ1v) is 9.38. The highest BCUT2D eigenvalue weighted by Gasteiger charge is 2.26. The first-order valence-electron chi connectivity index (χ1n) is 8.18. The summed E-state index contributed by atoms with van der Waals surface area (Å²) in [5, 5.41) is 3.55. The molecular weight excluding hydrogens is 332 g/mol. The molecule has 1 amide bonds. The second-order valence-corrected chi connectivity index (χ2v) is 9.01. The van der Waals surface area contributed by atoms with Gasteiger partial charge in [-0.3, -0.25) is 0 Å². The van der Waals surface area contributed by atoms with Crippen LogP contribution in [0.3, 0.4) is 0 Å². The lowest BCUT2D eigenvalue weighted by Crippen LogP contribution is -2.44. The van der Waals surface area contributed by atoms with Crippen molar-refractivity contribution in [2.24, 2.45) is 0 Å². The summed E-state index contributed by atoms with van der Waals surface area (Å²) < 4.78 is 6.35. The predicted molar refractivity (Wildman–Crippen MR) is 96.5 cm³/mol. The third-order valence-corrected chi connectivity index (χ3v) is 5.18. The minimum atomic E-state index is -0.467. The molecule has 1 aromatic rings. The number of halogens is 1. The Morgan fingerprint density at radius 3 is 2.83 bits per heavy atom. The van der Waals surface area contributed by atoms with Gasteiger partial charge in [0.15, 0.2) is 0 Å². The van der Waals surface area contributed by atoms with Gasteiger partial charge in [0.25, 0.3) is 0 Å². The molecule has 1 heterocycles. The van der Waals surface area contributed by atoms with Gasteiger partial charge in [-0.05, 0) is 59.1 Å². The molecule has 23 heavy (non-hydrogen) atoms. The number of rotatable bonds is 5. The van der Waals surface area contributed by atoms with Crippen LogP contribution in [0.5, 0.6) is 0 Å². The molecular formula is C17H27ClN2O2S. The zero-order valence-corrected chi connectivity index (χ0v) is 16.2. The van der Waals surface area contributed by atoms with Gasteiger partial charge in [0, 0.05) is 30.1 Å². The van der Waals surface area contributed by atoms with Gasteiger partial charge in [0.05, 0.1) is 4.34 Å². The van der Waals surface area contributed by atoms with Crippen LogP contribution in [-0.4, -0.2) is 35.7 Å². The summed E-state index contributed by atoms with van der Waals surface area (Å²) in [6.07, 6.45) is 1.94. The Bertz CT molecular complexity index is 551. The number of ether oxygens (including phenoxy) is 1. The molecule has 0 aliphatic heterocycles. The average molecular weight is 359 g/mol. The standard InChI is InChI=1S/C17H27ClN2O2S/c1-11(2)20(16(21)22-17(3,4)5)9-8-19-13-6-7-14-12(13)10-15(18)23-14/h10-11,13,19H,6-9H2,1-5H3. The van der Waals surface area contributed by atoms with E-state index in [1.165, 1.54) is 10.4 Å². The van der Waals surface area contributed by atoms with Crippen LogP contribution in [0.4, 0.5) is 4.79 Å². The number of thiophene rings is 1. The van der Waals surface area contributed by atoms with E-state index in [1.54, 1.807) is 16.2 Å². The molecule has 1 aromatic heterocycles. The average Bonchev–Trinajstić information content (AvgIpc) is 2.91. The maximum atomic E-state index is 12.3. The van der Waals surface area contributed by atoms with Gasteiger partial charge in [-0.1, -0.05) is 11.6 Å². The van der Waals surface area contributed by atoms with Crippen LogP contribution in [-0.2, 0) is 11.2 Å². The molecule has 1 aliphatic carbocycles. The Morgan fingerprint density at radius 1 is 1.52 bits per heavy atom. The van der Waals surface area contributed by atoms with E-state index in [-0.39, 0.29) is 12.1 Å². The summed E-state index contributed by atoms with van der Waals surface area (Å²) in [7, 11) is 0. The van der Waals surface area contributed by atoms with E-state index in [1.807, 2.05) is 34.6 Å². The van der Waals surface area contributed by atoms with Gasteiger partial charge in [0.1, 0.15) is 5.60 Å². The Labute approximate surface area is 148 Å². The van der Waals surface area contributed by atoms with Crippen molar-refractivity contribution in [2.75, 3.05) is 13.1 Å². The lowest BCUT2D eigenvalue weighted by atomic mass is 10.2. The fraction of sp³-hybridized carbons (Fsp3) is 0.706. The van der Waals surface area contributed by atoms with Crippen molar-refractivity contribution in [3.8, 4) is 0 Å². The molecule has 0 fully saturated rings. The van der Waals surface area contributed by atoms with Gasteiger partial charge >= 0.3 is 6.09 Å². The second kappa shape index (κ2) is 7.41. The molecule has 0 radical (unpaired) electrons. The highest BCUT2D eigenvalue weighted by Crippen LogP contribution is 2.39. The minimum Gasteiger partial charge on any atom is -0.444 e. The highest BCUT2D eigenvalue weighted by atomic mass is 35.5. The van der Waals surface area contributed by atoms with Crippen molar-refractivity contribution >= 4 is 29.0 Å². The van der Waals surface area contributed by atoms with Crippen molar-refractivity contribution in [1.29, 1.82) is 0 Å². The summed E-state index contributed by atoms with van der Waals surface area (Å²) in [5.74, 6) is 0. The fourth-order valence-corrected chi connectivity index (χ4v) is 4.14. The molecule has 1 N–H and O–H groups in total. The summed E-state index contributed by atoms with van der Waals surface area (Å²) in [6, 6.07) is 2.53. The molecule has 1 unspecified atom stereocenters. The normalized spacial score (nSPS) is 17.4. The number of nitrogens with zero attached hydrogens (tertiary/aromatic N) is 1. The number of aryl methyl sites for hydroxylation is 1. The molecule has 0 saturated heterocycles. The zero-order chi connectivity index (χ0) is 17.2. The molecule has 1 atom stereocenters. The molecule has 0 bridgehead atoms. The topological polar surface area (TPSA) is 41.6 Å². The van der Waals surface area contributed by atoms with Crippen molar-refractivity contribution in [3.63, 3.8) is 0 Å². The lowest BCUT2D eigenvalue weighted by molar-refractivity contribution is 0.0192. The molecule has 4 nitrogen and oxygen atoms in total. The van der Waals surface area contributed by atoms with E-state index >= 15 is 0 Å². The number of hydrogen-bond acceptors (Lipinski definition) is 4. The van der Waals surface area contributed by atoms with Crippen LogP contribution in [0.2, 0.25) is 4.34 Å².